The van der Waals surface area contributed by atoms with Gasteiger partial charge in [-0.05, 0) is 22.9 Å². The summed E-state index contributed by atoms with van der Waals surface area (Å²) >= 11 is 0. The molecule has 0 unspecified atom stereocenters. The van der Waals surface area contributed by atoms with E-state index < -0.39 is 0 Å². The molecule has 0 aliphatic carbocycles. The molecule has 4 rings (SSSR count). The Labute approximate surface area is 142 Å². The van der Waals surface area contributed by atoms with Crippen molar-refractivity contribution in [3.63, 3.8) is 0 Å². The number of hydrogen-bond acceptors (Lipinski definition) is 0. The summed E-state index contributed by atoms with van der Waals surface area (Å²) in [5, 5.41) is 5.20. The monoisotopic (exact) mass is 314 g/mol. The van der Waals surface area contributed by atoms with Gasteiger partial charge in [0, 0.05) is 36.8 Å². The number of rotatable bonds is 3. The first-order valence-corrected chi connectivity index (χ1v) is 8.48. The zero-order valence-electron chi connectivity index (χ0n) is 14.2. The van der Waals surface area contributed by atoms with Crippen LogP contribution in [0.15, 0.2) is 73.1 Å². The fourth-order valence-corrected chi connectivity index (χ4v) is 3.37. The minimum atomic E-state index is 0.973. The van der Waals surface area contributed by atoms with Crippen LogP contribution >= 0.6 is 0 Å². The summed E-state index contributed by atoms with van der Waals surface area (Å²) in [6, 6.07) is 21.7. The van der Waals surface area contributed by atoms with E-state index in [1.807, 2.05) is 0 Å². The summed E-state index contributed by atoms with van der Waals surface area (Å²) in [5.41, 5.74) is 2.60. The molecule has 118 valence electrons. The highest BCUT2D eigenvalue weighted by Gasteiger charge is 2.14. The van der Waals surface area contributed by atoms with Gasteiger partial charge in [-0.2, -0.15) is 9.13 Å². The Morgan fingerprint density at radius 1 is 0.583 bits per heavy atom. The molecule has 4 aromatic rings. The van der Waals surface area contributed by atoms with E-state index in [0.717, 1.165) is 13.1 Å². The van der Waals surface area contributed by atoms with Gasteiger partial charge in [0.25, 0.3) is 0 Å². The van der Waals surface area contributed by atoms with Crippen LogP contribution in [0.3, 0.4) is 0 Å². The van der Waals surface area contributed by atoms with Crippen LogP contribution in [-0.4, -0.2) is 0 Å². The van der Waals surface area contributed by atoms with Crippen LogP contribution in [0.4, 0.5) is 0 Å². The molecule has 0 aliphatic heterocycles. The van der Waals surface area contributed by atoms with Crippen LogP contribution in [0.5, 0.6) is 0 Å². The number of benzene rings is 2. The van der Waals surface area contributed by atoms with Gasteiger partial charge in [-0.25, -0.2) is 0 Å². The van der Waals surface area contributed by atoms with Crippen molar-refractivity contribution in [1.29, 1.82) is 0 Å². The first-order chi connectivity index (χ1) is 11.7. The van der Waals surface area contributed by atoms with E-state index in [1.54, 1.807) is 0 Å². The summed E-state index contributed by atoms with van der Waals surface area (Å²) in [7, 11) is 0. The summed E-state index contributed by atoms with van der Waals surface area (Å²) in [6.45, 7) is 6.32. The van der Waals surface area contributed by atoms with Crippen LogP contribution in [0, 0.1) is 13.8 Å². The van der Waals surface area contributed by atoms with Gasteiger partial charge in [0.2, 0.25) is 13.1 Å². The van der Waals surface area contributed by atoms with E-state index >= 15 is 0 Å². The fourth-order valence-electron chi connectivity index (χ4n) is 3.37. The van der Waals surface area contributed by atoms with Crippen LogP contribution in [0.2, 0.25) is 0 Å². The summed E-state index contributed by atoms with van der Waals surface area (Å²) in [5.74, 6) is 0. The lowest BCUT2D eigenvalue weighted by Gasteiger charge is -2.04. The highest BCUT2D eigenvalue weighted by Crippen LogP contribution is 2.13. The van der Waals surface area contributed by atoms with E-state index in [4.69, 9.17) is 0 Å². The molecular formula is C22H22N2+2. The number of fused-ring (bicyclic) bond motifs is 2. The molecule has 2 aromatic carbocycles. The maximum atomic E-state index is 2.35. The van der Waals surface area contributed by atoms with Crippen molar-refractivity contribution < 1.29 is 9.13 Å². The molecular weight excluding hydrogens is 292 g/mol. The van der Waals surface area contributed by atoms with Crippen molar-refractivity contribution >= 4 is 21.5 Å². The standard InChI is InChI=1S/C22H22N2/c1-17-13-19-7-3-5-9-21(19)15-23(17)11-12-24-16-22-10-6-4-8-20(22)14-18(24)2/h3-10,13-16H,11-12H2,1-2H3/q+2. The Balaban J connectivity index is 1.65. The first-order valence-electron chi connectivity index (χ1n) is 8.48. The van der Waals surface area contributed by atoms with E-state index in [9.17, 15) is 0 Å². The molecule has 2 aromatic heterocycles. The summed E-state index contributed by atoms with van der Waals surface area (Å²) in [4.78, 5) is 0. The Bertz CT molecular complexity index is 949. The van der Waals surface area contributed by atoms with E-state index in [-0.39, 0.29) is 0 Å². The van der Waals surface area contributed by atoms with Gasteiger partial charge in [-0.1, -0.05) is 36.4 Å². The second kappa shape index (κ2) is 6.04. The molecule has 0 amide bonds. The highest BCUT2D eigenvalue weighted by atomic mass is 15.0. The third-order valence-corrected chi connectivity index (χ3v) is 4.80. The summed E-state index contributed by atoms with van der Waals surface area (Å²) in [6.07, 6.45) is 4.53. The lowest BCUT2D eigenvalue weighted by atomic mass is 10.1. The third kappa shape index (κ3) is 2.76. The predicted octanol–water partition coefficient (Wildman–Crippen LogP) is 3.89. The molecule has 0 fully saturated rings. The minimum absolute atomic E-state index is 0.973. The molecule has 24 heavy (non-hydrogen) atoms. The molecule has 0 saturated carbocycles. The molecule has 2 nitrogen and oxygen atoms in total. The molecule has 0 bridgehead atoms. The molecule has 0 spiro atoms. The average Bonchev–Trinajstić information content (AvgIpc) is 2.60. The Hall–Kier alpha value is -2.74. The molecule has 0 atom stereocenters. The molecule has 0 aliphatic rings. The zero-order chi connectivity index (χ0) is 16.5. The lowest BCUT2D eigenvalue weighted by Crippen LogP contribution is -2.47. The van der Waals surface area contributed by atoms with Gasteiger partial charge >= 0.3 is 0 Å². The van der Waals surface area contributed by atoms with Gasteiger partial charge < -0.3 is 0 Å². The molecule has 0 N–H and O–H groups in total. The molecule has 0 radical (unpaired) electrons. The fraction of sp³-hybridized carbons (Fsp3) is 0.182. The Morgan fingerprint density at radius 3 is 1.38 bits per heavy atom. The van der Waals surface area contributed by atoms with Crippen LogP contribution in [0.25, 0.3) is 21.5 Å². The van der Waals surface area contributed by atoms with Crippen LogP contribution < -0.4 is 9.13 Å². The second-order valence-corrected chi connectivity index (χ2v) is 6.47. The first kappa shape index (κ1) is 14.8. The molecule has 2 heterocycles. The van der Waals surface area contributed by atoms with Gasteiger partial charge in [0.05, 0.1) is 0 Å². The van der Waals surface area contributed by atoms with E-state index in [1.165, 1.54) is 32.9 Å². The van der Waals surface area contributed by atoms with Crippen LogP contribution in [-0.2, 0) is 13.1 Å². The van der Waals surface area contributed by atoms with Gasteiger partial charge in [0.15, 0.2) is 23.8 Å². The van der Waals surface area contributed by atoms with E-state index in [0.29, 0.717) is 0 Å². The topological polar surface area (TPSA) is 7.76 Å². The third-order valence-electron chi connectivity index (χ3n) is 4.80. The quantitative estimate of drug-likeness (QED) is 0.507. The maximum Gasteiger partial charge on any atom is 0.207 e. The lowest BCUT2D eigenvalue weighted by molar-refractivity contribution is -0.782. The average molecular weight is 314 g/mol. The summed E-state index contributed by atoms with van der Waals surface area (Å²) < 4.78 is 4.70. The normalized spacial score (nSPS) is 11.2. The number of hydrogen-bond donors (Lipinski definition) is 0. The SMILES string of the molecule is Cc1cc2ccccc2c[n+]1CC[n+]1cc2ccccc2cc1C. The maximum absolute atomic E-state index is 2.35. The van der Waals surface area contributed by atoms with Crippen molar-refractivity contribution in [3.05, 3.63) is 84.4 Å². The number of aromatic nitrogens is 2. The van der Waals surface area contributed by atoms with E-state index in [2.05, 4.69) is 96.0 Å². The number of aryl methyl sites for hydroxylation is 4. The minimum Gasteiger partial charge on any atom is -0.195 e. The second-order valence-electron chi connectivity index (χ2n) is 6.47. The van der Waals surface area contributed by atoms with Gasteiger partial charge in [-0.15, -0.1) is 0 Å². The van der Waals surface area contributed by atoms with Crippen molar-refractivity contribution in [2.45, 2.75) is 26.9 Å². The van der Waals surface area contributed by atoms with Gasteiger partial charge in [0.1, 0.15) is 0 Å². The Morgan fingerprint density at radius 2 is 0.958 bits per heavy atom. The van der Waals surface area contributed by atoms with Crippen molar-refractivity contribution in [1.82, 2.24) is 0 Å². The Kier molecular flexibility index (Phi) is 3.73. The highest BCUT2D eigenvalue weighted by molar-refractivity contribution is 5.81. The van der Waals surface area contributed by atoms with Crippen molar-refractivity contribution in [3.8, 4) is 0 Å². The van der Waals surface area contributed by atoms with Crippen molar-refractivity contribution in [2.75, 3.05) is 0 Å². The smallest absolute Gasteiger partial charge is 0.195 e. The number of nitrogens with zero attached hydrogens (tertiary/aromatic N) is 2. The van der Waals surface area contributed by atoms with Gasteiger partial charge in [-0.3, -0.25) is 0 Å². The zero-order valence-corrected chi connectivity index (χ0v) is 14.2. The van der Waals surface area contributed by atoms with Crippen molar-refractivity contribution in [2.24, 2.45) is 0 Å². The molecule has 0 saturated heterocycles. The molecule has 2 heteroatoms. The number of pyridine rings is 2. The largest absolute Gasteiger partial charge is 0.207 e. The predicted molar refractivity (Wildman–Crippen MR) is 97.8 cm³/mol. The van der Waals surface area contributed by atoms with Crippen LogP contribution in [0.1, 0.15) is 11.4 Å².